The van der Waals surface area contributed by atoms with Gasteiger partial charge in [0.15, 0.2) is 0 Å². The molecule has 1 aromatic carbocycles. The molecular formula is C17H25N3O. The van der Waals surface area contributed by atoms with Crippen molar-refractivity contribution < 1.29 is 4.74 Å². The van der Waals surface area contributed by atoms with Gasteiger partial charge in [0.2, 0.25) is 0 Å². The number of aryl methyl sites for hydroxylation is 1. The van der Waals surface area contributed by atoms with Crippen LogP contribution in [0.3, 0.4) is 0 Å². The third-order valence-corrected chi connectivity index (χ3v) is 3.69. The third-order valence-electron chi connectivity index (χ3n) is 3.69. The summed E-state index contributed by atoms with van der Waals surface area (Å²) in [6, 6.07) is 10.3. The minimum atomic E-state index is 0.514. The Morgan fingerprint density at radius 3 is 2.62 bits per heavy atom. The van der Waals surface area contributed by atoms with E-state index in [-0.39, 0.29) is 0 Å². The van der Waals surface area contributed by atoms with Crippen molar-refractivity contribution >= 4 is 0 Å². The van der Waals surface area contributed by atoms with Gasteiger partial charge in [-0.25, -0.2) is 4.68 Å². The predicted molar refractivity (Wildman–Crippen MR) is 85.8 cm³/mol. The van der Waals surface area contributed by atoms with Crippen molar-refractivity contribution in [3.05, 3.63) is 47.3 Å². The number of nitrogens with one attached hydrogen (secondary N) is 1. The van der Waals surface area contributed by atoms with Crippen LogP contribution < -0.4 is 5.32 Å². The van der Waals surface area contributed by atoms with Gasteiger partial charge in [-0.3, -0.25) is 0 Å². The second-order valence-corrected chi connectivity index (χ2v) is 5.59. The van der Waals surface area contributed by atoms with Crippen molar-refractivity contribution in [2.75, 3.05) is 20.3 Å². The van der Waals surface area contributed by atoms with Gasteiger partial charge in [-0.15, -0.1) is 0 Å². The molecule has 21 heavy (non-hydrogen) atoms. The Morgan fingerprint density at radius 2 is 1.95 bits per heavy atom. The molecule has 2 aromatic rings. The first kappa shape index (κ1) is 15.7. The molecule has 0 saturated carbocycles. The Kier molecular flexibility index (Phi) is 5.53. The molecule has 0 aliphatic carbocycles. The number of para-hydroxylation sites is 1. The number of benzene rings is 1. The molecule has 2 rings (SSSR count). The molecule has 0 saturated heterocycles. The Balaban J connectivity index is 2.06. The van der Waals surface area contributed by atoms with Crippen molar-refractivity contribution in [1.82, 2.24) is 15.1 Å². The summed E-state index contributed by atoms with van der Waals surface area (Å²) in [7, 11) is 1.74. The van der Waals surface area contributed by atoms with E-state index in [1.54, 1.807) is 7.11 Å². The zero-order chi connectivity index (χ0) is 15.2. The van der Waals surface area contributed by atoms with Crippen molar-refractivity contribution in [2.24, 2.45) is 5.92 Å². The summed E-state index contributed by atoms with van der Waals surface area (Å²) in [5.41, 5.74) is 4.68. The van der Waals surface area contributed by atoms with Crippen molar-refractivity contribution in [1.29, 1.82) is 0 Å². The largest absolute Gasteiger partial charge is 0.384 e. The summed E-state index contributed by atoms with van der Waals surface area (Å²) in [4.78, 5) is 0. The highest BCUT2D eigenvalue weighted by molar-refractivity contribution is 5.36. The maximum Gasteiger partial charge on any atom is 0.0648 e. The van der Waals surface area contributed by atoms with Crippen LogP contribution in [0.25, 0.3) is 5.69 Å². The standard InChI is InChI=1S/C17H25N3O/c1-13(12-21-4)10-18-11-17-14(2)19-20(15(17)3)16-8-6-5-7-9-16/h5-9,13,18H,10-12H2,1-4H3. The van der Waals surface area contributed by atoms with Crippen LogP contribution in [-0.4, -0.2) is 30.0 Å². The maximum atomic E-state index is 5.16. The maximum absolute atomic E-state index is 5.16. The molecule has 0 bridgehead atoms. The van der Waals surface area contributed by atoms with Crippen LogP contribution in [0.1, 0.15) is 23.9 Å². The number of aromatic nitrogens is 2. The summed E-state index contributed by atoms with van der Waals surface area (Å²) >= 11 is 0. The Morgan fingerprint density at radius 1 is 1.24 bits per heavy atom. The fourth-order valence-corrected chi connectivity index (χ4v) is 2.54. The predicted octanol–water partition coefficient (Wildman–Crippen LogP) is 2.86. The first-order chi connectivity index (χ1) is 10.1. The summed E-state index contributed by atoms with van der Waals surface area (Å²) in [6.45, 7) is 8.96. The van der Waals surface area contributed by atoms with Crippen LogP contribution in [0.15, 0.2) is 30.3 Å². The molecule has 1 unspecified atom stereocenters. The van der Waals surface area contributed by atoms with Crippen molar-refractivity contribution in [3.8, 4) is 5.69 Å². The normalized spacial score (nSPS) is 12.6. The Bertz CT molecular complexity index is 563. The second kappa shape index (κ2) is 7.38. The molecule has 0 radical (unpaired) electrons. The number of nitrogens with zero attached hydrogens (tertiary/aromatic N) is 2. The van der Waals surface area contributed by atoms with E-state index >= 15 is 0 Å². The highest BCUT2D eigenvalue weighted by Gasteiger charge is 2.12. The molecule has 0 fully saturated rings. The number of hydrogen-bond acceptors (Lipinski definition) is 3. The minimum absolute atomic E-state index is 0.514. The molecule has 1 atom stereocenters. The molecule has 0 aliphatic heterocycles. The summed E-state index contributed by atoms with van der Waals surface area (Å²) in [5.74, 6) is 0.514. The summed E-state index contributed by atoms with van der Waals surface area (Å²) in [6.07, 6.45) is 0. The fraction of sp³-hybridized carbons (Fsp3) is 0.471. The zero-order valence-electron chi connectivity index (χ0n) is 13.4. The van der Waals surface area contributed by atoms with Crippen LogP contribution >= 0.6 is 0 Å². The lowest BCUT2D eigenvalue weighted by Gasteiger charge is -2.11. The van der Waals surface area contributed by atoms with Gasteiger partial charge in [0, 0.05) is 38.1 Å². The molecule has 4 heteroatoms. The van der Waals surface area contributed by atoms with E-state index in [0.29, 0.717) is 5.92 Å². The van der Waals surface area contributed by atoms with E-state index in [4.69, 9.17) is 4.74 Å². The topological polar surface area (TPSA) is 39.1 Å². The summed E-state index contributed by atoms with van der Waals surface area (Å²) in [5, 5.41) is 8.17. The average Bonchev–Trinajstić information content (AvgIpc) is 2.76. The van der Waals surface area contributed by atoms with Gasteiger partial charge in [0.05, 0.1) is 11.4 Å². The van der Waals surface area contributed by atoms with Crippen LogP contribution in [0.2, 0.25) is 0 Å². The lowest BCUT2D eigenvalue weighted by molar-refractivity contribution is 0.158. The smallest absolute Gasteiger partial charge is 0.0648 e. The lowest BCUT2D eigenvalue weighted by Crippen LogP contribution is -2.23. The molecule has 1 aromatic heterocycles. The zero-order valence-corrected chi connectivity index (χ0v) is 13.4. The van der Waals surface area contributed by atoms with Crippen molar-refractivity contribution in [3.63, 3.8) is 0 Å². The molecule has 0 spiro atoms. The Hall–Kier alpha value is -1.65. The van der Waals surface area contributed by atoms with Gasteiger partial charge in [-0.2, -0.15) is 5.10 Å². The number of rotatable bonds is 7. The van der Waals surface area contributed by atoms with E-state index in [9.17, 15) is 0 Å². The van der Waals surface area contributed by atoms with Gasteiger partial charge in [-0.05, 0) is 31.9 Å². The van der Waals surface area contributed by atoms with Crippen LogP contribution in [0, 0.1) is 19.8 Å². The molecule has 4 nitrogen and oxygen atoms in total. The van der Waals surface area contributed by atoms with Crippen LogP contribution in [0.4, 0.5) is 0 Å². The van der Waals surface area contributed by atoms with E-state index in [2.05, 4.69) is 43.3 Å². The monoisotopic (exact) mass is 287 g/mol. The molecular weight excluding hydrogens is 262 g/mol. The molecule has 1 N–H and O–H groups in total. The van der Waals surface area contributed by atoms with E-state index in [1.165, 1.54) is 11.3 Å². The van der Waals surface area contributed by atoms with E-state index in [1.807, 2.05) is 22.9 Å². The SMILES string of the molecule is COCC(C)CNCc1c(C)nn(-c2ccccc2)c1C. The van der Waals surface area contributed by atoms with E-state index < -0.39 is 0 Å². The van der Waals surface area contributed by atoms with Gasteiger partial charge >= 0.3 is 0 Å². The first-order valence-electron chi connectivity index (χ1n) is 7.43. The van der Waals surface area contributed by atoms with E-state index in [0.717, 1.165) is 31.1 Å². The number of hydrogen-bond donors (Lipinski definition) is 1. The highest BCUT2D eigenvalue weighted by atomic mass is 16.5. The second-order valence-electron chi connectivity index (χ2n) is 5.59. The summed E-state index contributed by atoms with van der Waals surface area (Å²) < 4.78 is 7.18. The highest BCUT2D eigenvalue weighted by Crippen LogP contribution is 2.17. The van der Waals surface area contributed by atoms with Gasteiger partial charge in [0.25, 0.3) is 0 Å². The lowest BCUT2D eigenvalue weighted by atomic mass is 10.1. The van der Waals surface area contributed by atoms with Crippen LogP contribution in [0.5, 0.6) is 0 Å². The average molecular weight is 287 g/mol. The van der Waals surface area contributed by atoms with Gasteiger partial charge in [-0.1, -0.05) is 25.1 Å². The molecule has 114 valence electrons. The molecule has 1 heterocycles. The van der Waals surface area contributed by atoms with Crippen LogP contribution in [-0.2, 0) is 11.3 Å². The fourth-order valence-electron chi connectivity index (χ4n) is 2.54. The van der Waals surface area contributed by atoms with Gasteiger partial charge in [0.1, 0.15) is 0 Å². The quantitative estimate of drug-likeness (QED) is 0.851. The first-order valence-corrected chi connectivity index (χ1v) is 7.43. The third kappa shape index (κ3) is 3.93. The minimum Gasteiger partial charge on any atom is -0.384 e. The number of ether oxygens (including phenoxy) is 1. The van der Waals surface area contributed by atoms with Gasteiger partial charge < -0.3 is 10.1 Å². The molecule has 0 amide bonds. The Labute approximate surface area is 127 Å². The number of methoxy groups -OCH3 is 1. The van der Waals surface area contributed by atoms with Crippen molar-refractivity contribution in [2.45, 2.75) is 27.3 Å². The molecule has 0 aliphatic rings.